The van der Waals surface area contributed by atoms with Gasteiger partial charge in [0.25, 0.3) is 0 Å². The van der Waals surface area contributed by atoms with Crippen molar-refractivity contribution in [3.8, 4) is 0 Å². The maximum absolute atomic E-state index is 4.93. The predicted octanol–water partition coefficient (Wildman–Crippen LogP) is 4.34. The van der Waals surface area contributed by atoms with Gasteiger partial charge in [0.1, 0.15) is 0 Å². The van der Waals surface area contributed by atoms with Gasteiger partial charge in [-0.1, -0.05) is 34.6 Å². The molecular weight excluding hydrogens is 208 g/mol. The van der Waals surface area contributed by atoms with E-state index in [-0.39, 0.29) is 5.41 Å². The summed E-state index contributed by atoms with van der Waals surface area (Å²) in [6.45, 7) is 13.7. The van der Waals surface area contributed by atoms with Gasteiger partial charge >= 0.3 is 0 Å². The Balaban J connectivity index is 2.51. The minimum Gasteiger partial charge on any atom is -0.265 e. The number of hydrogen-bond acceptors (Lipinski definition) is 1. The third-order valence-electron chi connectivity index (χ3n) is 3.87. The van der Waals surface area contributed by atoms with E-state index < -0.39 is 0 Å². The van der Waals surface area contributed by atoms with E-state index in [9.17, 15) is 0 Å². The van der Waals surface area contributed by atoms with E-state index in [4.69, 9.17) is 5.10 Å². The molecule has 96 valence electrons. The normalized spacial score (nSPS) is 18.5. The largest absolute Gasteiger partial charge is 0.265 e. The number of hydrogen-bond donors (Lipinski definition) is 0. The smallest absolute Gasteiger partial charge is 0.0684 e. The molecule has 0 aliphatic heterocycles. The molecule has 0 bridgehead atoms. The van der Waals surface area contributed by atoms with Crippen molar-refractivity contribution < 1.29 is 0 Å². The summed E-state index contributed by atoms with van der Waals surface area (Å²) in [7, 11) is 0. The number of aromatic nitrogens is 2. The standard InChI is InChI=1S/C15H26N2/c1-7-10(2)13-11(3)14(15(4,5)6)17(16-13)12-8-9-12/h10,12H,7-9H2,1-6H3. The monoisotopic (exact) mass is 234 g/mol. The van der Waals surface area contributed by atoms with Gasteiger partial charge in [-0.25, -0.2) is 0 Å². The SMILES string of the molecule is CCC(C)c1nn(C2CC2)c(C(C)(C)C)c1C. The van der Waals surface area contributed by atoms with E-state index in [1.54, 1.807) is 0 Å². The van der Waals surface area contributed by atoms with Gasteiger partial charge in [-0.2, -0.15) is 5.10 Å². The highest BCUT2D eigenvalue weighted by Crippen LogP contribution is 2.41. The lowest BCUT2D eigenvalue weighted by Gasteiger charge is -2.21. The van der Waals surface area contributed by atoms with Crippen molar-refractivity contribution in [1.29, 1.82) is 0 Å². The van der Waals surface area contributed by atoms with Crippen molar-refractivity contribution in [3.05, 3.63) is 17.0 Å². The lowest BCUT2D eigenvalue weighted by molar-refractivity contribution is 0.486. The van der Waals surface area contributed by atoms with Gasteiger partial charge in [0, 0.05) is 17.0 Å². The van der Waals surface area contributed by atoms with Crippen molar-refractivity contribution in [2.75, 3.05) is 0 Å². The summed E-state index contributed by atoms with van der Waals surface area (Å²) in [5, 5.41) is 4.93. The maximum atomic E-state index is 4.93. The van der Waals surface area contributed by atoms with Crippen LogP contribution >= 0.6 is 0 Å². The molecule has 1 unspecified atom stereocenters. The molecule has 1 aromatic heterocycles. The lowest BCUT2D eigenvalue weighted by atomic mass is 9.87. The Morgan fingerprint density at radius 3 is 2.35 bits per heavy atom. The first-order chi connectivity index (χ1) is 7.86. The Morgan fingerprint density at radius 1 is 1.35 bits per heavy atom. The Bertz CT molecular complexity index is 405. The molecule has 1 aromatic rings. The summed E-state index contributed by atoms with van der Waals surface area (Å²) in [4.78, 5) is 0. The Labute approximate surface area is 105 Å². The summed E-state index contributed by atoms with van der Waals surface area (Å²) in [6.07, 6.45) is 3.79. The summed E-state index contributed by atoms with van der Waals surface area (Å²) < 4.78 is 2.33. The lowest BCUT2D eigenvalue weighted by Crippen LogP contribution is -2.19. The summed E-state index contributed by atoms with van der Waals surface area (Å²) in [5.74, 6) is 0.580. The van der Waals surface area contributed by atoms with Gasteiger partial charge in [0.05, 0.1) is 11.7 Å². The van der Waals surface area contributed by atoms with Gasteiger partial charge in [-0.15, -0.1) is 0 Å². The van der Waals surface area contributed by atoms with Crippen LogP contribution in [-0.4, -0.2) is 9.78 Å². The highest BCUT2D eigenvalue weighted by atomic mass is 15.3. The predicted molar refractivity (Wildman–Crippen MR) is 72.6 cm³/mol. The van der Waals surface area contributed by atoms with Crippen LogP contribution in [0.5, 0.6) is 0 Å². The van der Waals surface area contributed by atoms with Gasteiger partial charge in [0.2, 0.25) is 0 Å². The third kappa shape index (κ3) is 2.27. The highest BCUT2D eigenvalue weighted by Gasteiger charge is 2.33. The van der Waals surface area contributed by atoms with Crippen LogP contribution in [0.4, 0.5) is 0 Å². The van der Waals surface area contributed by atoms with Gasteiger partial charge in [-0.3, -0.25) is 4.68 Å². The molecule has 1 aliphatic carbocycles. The van der Waals surface area contributed by atoms with Crippen molar-refractivity contribution in [2.45, 2.75) is 78.2 Å². The summed E-state index contributed by atoms with van der Waals surface area (Å²) in [6, 6.07) is 0.681. The maximum Gasteiger partial charge on any atom is 0.0684 e. The molecule has 1 aliphatic rings. The Hall–Kier alpha value is -0.790. The van der Waals surface area contributed by atoms with Crippen molar-refractivity contribution in [2.24, 2.45) is 0 Å². The quantitative estimate of drug-likeness (QED) is 0.761. The third-order valence-corrected chi connectivity index (χ3v) is 3.87. The Morgan fingerprint density at radius 2 is 1.94 bits per heavy atom. The molecule has 0 radical (unpaired) electrons. The molecule has 2 heteroatoms. The van der Waals surface area contributed by atoms with Crippen LogP contribution in [0.15, 0.2) is 0 Å². The molecule has 1 atom stereocenters. The zero-order chi connectivity index (χ0) is 12.8. The topological polar surface area (TPSA) is 17.8 Å². The first-order valence-electron chi connectivity index (χ1n) is 6.95. The second-order valence-electron chi connectivity index (χ2n) is 6.59. The number of rotatable bonds is 3. The van der Waals surface area contributed by atoms with Gasteiger partial charge in [0.15, 0.2) is 0 Å². The minimum atomic E-state index is 0.200. The van der Waals surface area contributed by atoms with Crippen molar-refractivity contribution in [1.82, 2.24) is 9.78 Å². The highest BCUT2D eigenvalue weighted by molar-refractivity contribution is 5.33. The molecule has 1 saturated carbocycles. The minimum absolute atomic E-state index is 0.200. The fourth-order valence-electron chi connectivity index (χ4n) is 2.69. The second kappa shape index (κ2) is 4.15. The van der Waals surface area contributed by atoms with Crippen LogP contribution < -0.4 is 0 Å². The summed E-state index contributed by atoms with van der Waals surface area (Å²) in [5.41, 5.74) is 4.41. The van der Waals surface area contributed by atoms with Crippen LogP contribution in [0.2, 0.25) is 0 Å². The molecular formula is C15H26N2. The van der Waals surface area contributed by atoms with Crippen LogP contribution in [0.1, 0.15) is 82.8 Å². The molecule has 1 heterocycles. The van der Waals surface area contributed by atoms with E-state index in [0.717, 1.165) is 0 Å². The fourth-order valence-corrected chi connectivity index (χ4v) is 2.69. The zero-order valence-electron chi connectivity index (χ0n) is 12.2. The molecule has 0 amide bonds. The van der Waals surface area contributed by atoms with Crippen LogP contribution in [0.25, 0.3) is 0 Å². The average molecular weight is 234 g/mol. The van der Waals surface area contributed by atoms with E-state index >= 15 is 0 Å². The van der Waals surface area contributed by atoms with E-state index in [1.165, 1.54) is 36.2 Å². The Kier molecular flexibility index (Phi) is 3.09. The fraction of sp³-hybridized carbons (Fsp3) is 0.800. The zero-order valence-corrected chi connectivity index (χ0v) is 12.2. The van der Waals surface area contributed by atoms with E-state index in [0.29, 0.717) is 12.0 Å². The first-order valence-corrected chi connectivity index (χ1v) is 6.95. The molecule has 0 spiro atoms. The van der Waals surface area contributed by atoms with Crippen molar-refractivity contribution in [3.63, 3.8) is 0 Å². The molecule has 2 rings (SSSR count). The second-order valence-corrected chi connectivity index (χ2v) is 6.59. The average Bonchev–Trinajstić information content (AvgIpc) is 3.00. The first kappa shape index (κ1) is 12.7. The number of nitrogens with zero attached hydrogens (tertiary/aromatic N) is 2. The molecule has 0 aromatic carbocycles. The molecule has 0 N–H and O–H groups in total. The molecule has 1 fully saturated rings. The van der Waals surface area contributed by atoms with Crippen LogP contribution in [0, 0.1) is 6.92 Å². The van der Waals surface area contributed by atoms with E-state index in [2.05, 4.69) is 46.2 Å². The van der Waals surface area contributed by atoms with Crippen LogP contribution in [0.3, 0.4) is 0 Å². The molecule has 2 nitrogen and oxygen atoms in total. The van der Waals surface area contributed by atoms with E-state index in [1.807, 2.05) is 0 Å². The molecule has 0 saturated heterocycles. The van der Waals surface area contributed by atoms with Crippen LogP contribution in [-0.2, 0) is 5.41 Å². The van der Waals surface area contributed by atoms with Gasteiger partial charge in [-0.05, 0) is 31.7 Å². The van der Waals surface area contributed by atoms with Crippen molar-refractivity contribution >= 4 is 0 Å². The summed E-state index contributed by atoms with van der Waals surface area (Å²) >= 11 is 0. The molecule has 17 heavy (non-hydrogen) atoms. The van der Waals surface area contributed by atoms with Gasteiger partial charge < -0.3 is 0 Å².